The third kappa shape index (κ3) is 8.20. The summed E-state index contributed by atoms with van der Waals surface area (Å²) >= 11 is 0. The smallest absolute Gasteiger partial charge is 0.233 e. The first-order valence-corrected chi connectivity index (χ1v) is 8.83. The minimum atomic E-state index is 0.152. The molecule has 1 unspecified atom stereocenters. The van der Waals surface area contributed by atoms with Crippen LogP contribution in [0.5, 0.6) is 0 Å². The molecule has 0 spiro atoms. The molecule has 4 nitrogen and oxygen atoms in total. The van der Waals surface area contributed by atoms with E-state index in [1.807, 2.05) is 0 Å². The first-order valence-electron chi connectivity index (χ1n) is 8.83. The number of nitrogens with one attached hydrogen (secondary N) is 1. The van der Waals surface area contributed by atoms with Crippen molar-refractivity contribution < 1.29 is 4.42 Å². The molecule has 0 saturated heterocycles. The molecule has 1 heterocycles. The van der Waals surface area contributed by atoms with Crippen molar-refractivity contribution in [2.75, 3.05) is 6.54 Å². The van der Waals surface area contributed by atoms with Crippen LogP contribution in [0.1, 0.15) is 96.4 Å². The molecule has 1 aromatic rings. The van der Waals surface area contributed by atoms with Gasteiger partial charge >= 0.3 is 0 Å². The quantitative estimate of drug-likeness (QED) is 0.530. The molecule has 122 valence electrons. The van der Waals surface area contributed by atoms with Crippen molar-refractivity contribution in [3.05, 3.63) is 11.8 Å². The molecule has 0 saturated carbocycles. The Balaban J connectivity index is 2.03. The summed E-state index contributed by atoms with van der Waals surface area (Å²) in [5, 5.41) is 11.5. The Kier molecular flexibility index (Phi) is 10.1. The standard InChI is InChI=1S/C17H33N3O/c1-4-6-7-8-9-10-11-12-13-14-16-19-20-17(21-16)15(3)18-5-2/h15,18H,4-14H2,1-3H3. The van der Waals surface area contributed by atoms with Crippen molar-refractivity contribution in [1.29, 1.82) is 0 Å². The maximum absolute atomic E-state index is 5.69. The highest BCUT2D eigenvalue weighted by molar-refractivity contribution is 4.88. The third-order valence-electron chi connectivity index (χ3n) is 3.86. The summed E-state index contributed by atoms with van der Waals surface area (Å²) in [6, 6.07) is 0.152. The van der Waals surface area contributed by atoms with E-state index >= 15 is 0 Å². The zero-order valence-corrected chi connectivity index (χ0v) is 14.2. The molecule has 1 atom stereocenters. The largest absolute Gasteiger partial charge is 0.424 e. The fraction of sp³-hybridized carbons (Fsp3) is 0.882. The summed E-state index contributed by atoms with van der Waals surface area (Å²) in [5.41, 5.74) is 0. The maximum atomic E-state index is 5.69. The summed E-state index contributed by atoms with van der Waals surface area (Å²) in [4.78, 5) is 0. The fourth-order valence-electron chi connectivity index (χ4n) is 2.52. The van der Waals surface area contributed by atoms with Crippen molar-refractivity contribution in [2.45, 2.75) is 91.0 Å². The molecule has 0 bridgehead atoms. The van der Waals surface area contributed by atoms with Crippen LogP contribution in [0.25, 0.3) is 0 Å². The number of hydrogen-bond donors (Lipinski definition) is 1. The summed E-state index contributed by atoms with van der Waals surface area (Å²) in [6.45, 7) is 7.31. The van der Waals surface area contributed by atoms with Gasteiger partial charge in [0.25, 0.3) is 0 Å². The monoisotopic (exact) mass is 295 g/mol. The van der Waals surface area contributed by atoms with Gasteiger partial charge < -0.3 is 9.73 Å². The van der Waals surface area contributed by atoms with E-state index in [1.54, 1.807) is 0 Å². The van der Waals surface area contributed by atoms with E-state index in [0.29, 0.717) is 5.89 Å². The van der Waals surface area contributed by atoms with Crippen LogP contribution >= 0.6 is 0 Å². The van der Waals surface area contributed by atoms with Gasteiger partial charge in [-0.15, -0.1) is 10.2 Å². The average Bonchev–Trinajstić information content (AvgIpc) is 2.95. The van der Waals surface area contributed by atoms with E-state index in [1.165, 1.54) is 51.4 Å². The average molecular weight is 295 g/mol. The number of aryl methyl sites for hydroxylation is 1. The first-order chi connectivity index (χ1) is 10.3. The minimum absolute atomic E-state index is 0.152. The van der Waals surface area contributed by atoms with Gasteiger partial charge in [-0.1, -0.05) is 65.2 Å². The van der Waals surface area contributed by atoms with Crippen LogP contribution < -0.4 is 5.32 Å². The molecule has 1 aromatic heterocycles. The predicted molar refractivity (Wildman–Crippen MR) is 87.3 cm³/mol. The summed E-state index contributed by atoms with van der Waals surface area (Å²) < 4.78 is 5.69. The molecule has 0 fully saturated rings. The second kappa shape index (κ2) is 11.7. The number of rotatable bonds is 13. The summed E-state index contributed by atoms with van der Waals surface area (Å²) in [5.74, 6) is 1.50. The topological polar surface area (TPSA) is 51.0 Å². The van der Waals surface area contributed by atoms with Crippen LogP contribution in [0.15, 0.2) is 4.42 Å². The van der Waals surface area contributed by atoms with Crippen LogP contribution in [0, 0.1) is 0 Å². The van der Waals surface area contributed by atoms with Gasteiger partial charge in [-0.2, -0.15) is 0 Å². The normalized spacial score (nSPS) is 12.7. The number of hydrogen-bond acceptors (Lipinski definition) is 4. The Labute approximate surface area is 130 Å². The van der Waals surface area contributed by atoms with E-state index in [0.717, 1.165) is 25.3 Å². The zero-order chi connectivity index (χ0) is 15.3. The second-order valence-corrected chi connectivity index (χ2v) is 5.89. The zero-order valence-electron chi connectivity index (χ0n) is 14.2. The lowest BCUT2D eigenvalue weighted by Gasteiger charge is -2.05. The molecule has 21 heavy (non-hydrogen) atoms. The third-order valence-corrected chi connectivity index (χ3v) is 3.86. The van der Waals surface area contributed by atoms with Gasteiger partial charge in [-0.3, -0.25) is 0 Å². The van der Waals surface area contributed by atoms with Crippen molar-refractivity contribution in [1.82, 2.24) is 15.5 Å². The molecule has 0 amide bonds. The molecular formula is C17H33N3O. The predicted octanol–water partition coefficient (Wildman–Crippen LogP) is 4.81. The van der Waals surface area contributed by atoms with Crippen molar-refractivity contribution in [3.63, 3.8) is 0 Å². The number of nitrogens with zero attached hydrogens (tertiary/aromatic N) is 2. The maximum Gasteiger partial charge on any atom is 0.233 e. The van der Waals surface area contributed by atoms with Crippen LogP contribution in [0.4, 0.5) is 0 Å². The molecule has 0 aliphatic rings. The highest BCUT2D eigenvalue weighted by Gasteiger charge is 2.12. The van der Waals surface area contributed by atoms with Gasteiger partial charge in [0.15, 0.2) is 0 Å². The summed E-state index contributed by atoms with van der Waals surface area (Å²) in [7, 11) is 0. The van der Waals surface area contributed by atoms with E-state index < -0.39 is 0 Å². The highest BCUT2D eigenvalue weighted by Crippen LogP contribution is 2.14. The number of aromatic nitrogens is 2. The van der Waals surface area contributed by atoms with Gasteiger partial charge in [0.1, 0.15) is 0 Å². The second-order valence-electron chi connectivity index (χ2n) is 5.89. The molecule has 0 aliphatic heterocycles. The van der Waals surface area contributed by atoms with E-state index in [2.05, 4.69) is 36.3 Å². The number of unbranched alkanes of at least 4 members (excludes halogenated alkanes) is 8. The van der Waals surface area contributed by atoms with E-state index in [4.69, 9.17) is 4.42 Å². The molecule has 4 heteroatoms. The molecule has 0 aliphatic carbocycles. The molecule has 1 rings (SSSR count). The lowest BCUT2D eigenvalue weighted by Crippen LogP contribution is -2.17. The van der Waals surface area contributed by atoms with Crippen molar-refractivity contribution >= 4 is 0 Å². The SMILES string of the molecule is CCCCCCCCCCCc1nnc(C(C)NCC)o1. The molecular weight excluding hydrogens is 262 g/mol. The van der Waals surface area contributed by atoms with Crippen LogP contribution in [0.2, 0.25) is 0 Å². The highest BCUT2D eigenvalue weighted by atomic mass is 16.4. The van der Waals surface area contributed by atoms with Gasteiger partial charge in [0, 0.05) is 6.42 Å². The van der Waals surface area contributed by atoms with Crippen LogP contribution in [-0.4, -0.2) is 16.7 Å². The van der Waals surface area contributed by atoms with Gasteiger partial charge in [0.2, 0.25) is 11.8 Å². The fourth-order valence-corrected chi connectivity index (χ4v) is 2.52. The Hall–Kier alpha value is -0.900. The molecule has 1 N–H and O–H groups in total. The van der Waals surface area contributed by atoms with Gasteiger partial charge in [-0.05, 0) is 19.9 Å². The first kappa shape index (κ1) is 18.1. The lowest BCUT2D eigenvalue weighted by atomic mass is 10.1. The molecule has 0 aromatic carbocycles. The van der Waals surface area contributed by atoms with Crippen LogP contribution in [0.3, 0.4) is 0 Å². The summed E-state index contributed by atoms with van der Waals surface area (Å²) in [6.07, 6.45) is 13.0. The molecule has 0 radical (unpaired) electrons. The minimum Gasteiger partial charge on any atom is -0.424 e. The Morgan fingerprint density at radius 3 is 2.14 bits per heavy atom. The Morgan fingerprint density at radius 1 is 0.905 bits per heavy atom. The van der Waals surface area contributed by atoms with Crippen LogP contribution in [-0.2, 0) is 6.42 Å². The Morgan fingerprint density at radius 2 is 1.52 bits per heavy atom. The van der Waals surface area contributed by atoms with E-state index in [-0.39, 0.29) is 6.04 Å². The Bertz CT molecular complexity index is 352. The van der Waals surface area contributed by atoms with E-state index in [9.17, 15) is 0 Å². The lowest BCUT2D eigenvalue weighted by molar-refractivity contribution is 0.392. The van der Waals surface area contributed by atoms with Crippen molar-refractivity contribution in [3.8, 4) is 0 Å². The van der Waals surface area contributed by atoms with Gasteiger partial charge in [0.05, 0.1) is 6.04 Å². The van der Waals surface area contributed by atoms with Crippen molar-refractivity contribution in [2.24, 2.45) is 0 Å². The van der Waals surface area contributed by atoms with Gasteiger partial charge in [-0.25, -0.2) is 0 Å².